The molecule has 1 heterocycles. The number of amides is 1. The third-order valence-electron chi connectivity index (χ3n) is 4.18. The first-order chi connectivity index (χ1) is 6.27. The minimum absolute atomic E-state index is 0.117. The lowest BCUT2D eigenvalue weighted by Crippen LogP contribution is -2.51. The molecule has 1 aliphatic heterocycles. The van der Waals surface area contributed by atoms with Crippen LogP contribution in [-0.4, -0.2) is 30.7 Å². The van der Waals surface area contributed by atoms with Crippen molar-refractivity contribution in [3.05, 3.63) is 0 Å². The number of hydrogen-bond donors (Lipinski definition) is 0. The SMILES string of the molecule is CN1C(=O)OC[C@H]2C3CCC(C3)[C@H]21. The maximum atomic E-state index is 11.3. The predicted octanol–water partition coefficient (Wildman–Crippen LogP) is 1.48. The largest absolute Gasteiger partial charge is 0.449 e. The molecule has 0 aromatic heterocycles. The van der Waals surface area contributed by atoms with Crippen LogP contribution in [0.4, 0.5) is 4.79 Å². The first-order valence-electron chi connectivity index (χ1n) is 5.17. The average Bonchev–Trinajstić information content (AvgIpc) is 2.70. The zero-order valence-corrected chi connectivity index (χ0v) is 7.90. The van der Waals surface area contributed by atoms with Gasteiger partial charge in [0.05, 0.1) is 6.61 Å². The fourth-order valence-corrected chi connectivity index (χ4v) is 3.61. The van der Waals surface area contributed by atoms with Crippen molar-refractivity contribution in [2.45, 2.75) is 25.3 Å². The van der Waals surface area contributed by atoms with E-state index in [0.717, 1.165) is 11.8 Å². The van der Waals surface area contributed by atoms with E-state index in [-0.39, 0.29) is 6.09 Å². The zero-order valence-electron chi connectivity index (χ0n) is 7.90. The lowest BCUT2D eigenvalue weighted by molar-refractivity contribution is -0.00206. The van der Waals surface area contributed by atoms with Crippen LogP contribution in [0, 0.1) is 17.8 Å². The Bertz CT molecular complexity index is 253. The van der Waals surface area contributed by atoms with Gasteiger partial charge in [-0.15, -0.1) is 0 Å². The number of carbonyl (C=O) groups excluding carboxylic acids is 1. The van der Waals surface area contributed by atoms with Crippen molar-refractivity contribution in [1.82, 2.24) is 4.90 Å². The van der Waals surface area contributed by atoms with Crippen molar-refractivity contribution in [3.63, 3.8) is 0 Å². The molecule has 0 aromatic rings. The van der Waals surface area contributed by atoms with E-state index in [2.05, 4.69) is 0 Å². The van der Waals surface area contributed by atoms with Gasteiger partial charge in [-0.1, -0.05) is 0 Å². The average molecular weight is 181 g/mol. The molecule has 2 unspecified atom stereocenters. The van der Waals surface area contributed by atoms with Gasteiger partial charge in [0.25, 0.3) is 0 Å². The molecule has 3 fully saturated rings. The fourth-order valence-electron chi connectivity index (χ4n) is 3.61. The van der Waals surface area contributed by atoms with Gasteiger partial charge < -0.3 is 9.64 Å². The van der Waals surface area contributed by atoms with Crippen molar-refractivity contribution in [2.24, 2.45) is 17.8 Å². The summed E-state index contributed by atoms with van der Waals surface area (Å²) in [4.78, 5) is 13.1. The third-order valence-corrected chi connectivity index (χ3v) is 4.18. The highest BCUT2D eigenvalue weighted by Gasteiger charge is 2.52. The number of rotatable bonds is 0. The van der Waals surface area contributed by atoms with E-state index in [1.165, 1.54) is 19.3 Å². The van der Waals surface area contributed by atoms with Crippen LogP contribution in [0.3, 0.4) is 0 Å². The topological polar surface area (TPSA) is 29.5 Å². The number of fused-ring (bicyclic) bond motifs is 5. The number of carbonyl (C=O) groups is 1. The number of ether oxygens (including phenoxy) is 1. The van der Waals surface area contributed by atoms with Crippen molar-refractivity contribution in [2.75, 3.05) is 13.7 Å². The third kappa shape index (κ3) is 0.875. The highest BCUT2D eigenvalue weighted by atomic mass is 16.6. The van der Waals surface area contributed by atoms with Crippen LogP contribution < -0.4 is 0 Å². The minimum atomic E-state index is -0.117. The molecular weight excluding hydrogens is 166 g/mol. The van der Waals surface area contributed by atoms with Gasteiger partial charge in [0, 0.05) is 19.0 Å². The summed E-state index contributed by atoms with van der Waals surface area (Å²) in [7, 11) is 1.89. The Balaban J connectivity index is 1.90. The smallest absolute Gasteiger partial charge is 0.409 e. The van der Waals surface area contributed by atoms with E-state index in [1.54, 1.807) is 0 Å². The van der Waals surface area contributed by atoms with Gasteiger partial charge in [-0.2, -0.15) is 0 Å². The Morgan fingerprint density at radius 2 is 2.15 bits per heavy atom. The van der Waals surface area contributed by atoms with Gasteiger partial charge in [0.15, 0.2) is 0 Å². The van der Waals surface area contributed by atoms with E-state index in [9.17, 15) is 4.79 Å². The number of cyclic esters (lactones) is 1. The second kappa shape index (κ2) is 2.40. The van der Waals surface area contributed by atoms with Crippen LogP contribution in [0.5, 0.6) is 0 Å². The monoisotopic (exact) mass is 181 g/mol. The Morgan fingerprint density at radius 1 is 1.38 bits per heavy atom. The van der Waals surface area contributed by atoms with Crippen LogP contribution in [-0.2, 0) is 4.74 Å². The normalized spacial score (nSPS) is 47.8. The molecule has 3 heteroatoms. The molecule has 1 saturated heterocycles. The first-order valence-corrected chi connectivity index (χ1v) is 5.17. The maximum absolute atomic E-state index is 11.3. The molecule has 1 amide bonds. The summed E-state index contributed by atoms with van der Waals surface area (Å²) < 4.78 is 5.14. The first kappa shape index (κ1) is 7.65. The molecule has 3 rings (SSSR count). The molecule has 3 aliphatic rings. The quantitative estimate of drug-likeness (QED) is 0.566. The predicted molar refractivity (Wildman–Crippen MR) is 47.2 cm³/mol. The summed E-state index contributed by atoms with van der Waals surface area (Å²) in [5.41, 5.74) is 0. The second-order valence-electron chi connectivity index (χ2n) is 4.68. The standard InChI is InChI=1S/C10H15NO2/c1-11-9-7-3-2-6(4-7)8(9)5-13-10(11)12/h6-9H,2-5H2,1H3/t6?,7?,8-,9+/m0/s1. The number of nitrogens with zero attached hydrogens (tertiary/aromatic N) is 1. The molecule has 72 valence electrons. The van der Waals surface area contributed by atoms with E-state index in [0.29, 0.717) is 18.6 Å². The Kier molecular flexibility index (Phi) is 1.41. The lowest BCUT2D eigenvalue weighted by Gasteiger charge is -2.40. The van der Waals surface area contributed by atoms with Gasteiger partial charge in [0.1, 0.15) is 0 Å². The van der Waals surface area contributed by atoms with Crippen molar-refractivity contribution in [3.8, 4) is 0 Å². The van der Waals surface area contributed by atoms with Gasteiger partial charge in [-0.05, 0) is 31.1 Å². The van der Waals surface area contributed by atoms with Gasteiger partial charge in [-0.25, -0.2) is 4.79 Å². The summed E-state index contributed by atoms with van der Waals surface area (Å²) in [6.07, 6.45) is 3.89. The summed E-state index contributed by atoms with van der Waals surface area (Å²) in [6.45, 7) is 0.676. The number of hydrogen-bond acceptors (Lipinski definition) is 2. The highest BCUT2D eigenvalue weighted by Crippen LogP contribution is 2.51. The summed E-state index contributed by atoms with van der Waals surface area (Å²) in [5.74, 6) is 2.25. The van der Waals surface area contributed by atoms with Crippen LogP contribution in [0.15, 0.2) is 0 Å². The lowest BCUT2D eigenvalue weighted by atomic mass is 9.83. The van der Waals surface area contributed by atoms with Crippen molar-refractivity contribution >= 4 is 6.09 Å². The molecule has 2 bridgehead atoms. The van der Waals surface area contributed by atoms with Crippen LogP contribution in [0.25, 0.3) is 0 Å². The summed E-state index contributed by atoms with van der Waals surface area (Å²) in [5, 5.41) is 0. The summed E-state index contributed by atoms with van der Waals surface area (Å²) in [6, 6.07) is 0.500. The van der Waals surface area contributed by atoms with E-state index < -0.39 is 0 Å². The van der Waals surface area contributed by atoms with Crippen molar-refractivity contribution < 1.29 is 9.53 Å². The van der Waals surface area contributed by atoms with Crippen molar-refractivity contribution in [1.29, 1.82) is 0 Å². The van der Waals surface area contributed by atoms with Gasteiger partial charge in [-0.3, -0.25) is 0 Å². The minimum Gasteiger partial charge on any atom is -0.449 e. The molecule has 2 saturated carbocycles. The molecule has 0 spiro atoms. The molecule has 13 heavy (non-hydrogen) atoms. The fraction of sp³-hybridized carbons (Fsp3) is 0.900. The Hall–Kier alpha value is -0.730. The molecule has 0 aromatic carbocycles. The zero-order chi connectivity index (χ0) is 9.00. The molecule has 0 N–H and O–H groups in total. The molecule has 0 radical (unpaired) electrons. The Morgan fingerprint density at radius 3 is 3.00 bits per heavy atom. The van der Waals surface area contributed by atoms with E-state index in [1.807, 2.05) is 11.9 Å². The molecule has 4 atom stereocenters. The van der Waals surface area contributed by atoms with Crippen LogP contribution in [0.2, 0.25) is 0 Å². The van der Waals surface area contributed by atoms with E-state index >= 15 is 0 Å². The van der Waals surface area contributed by atoms with Crippen LogP contribution in [0.1, 0.15) is 19.3 Å². The van der Waals surface area contributed by atoms with Gasteiger partial charge >= 0.3 is 6.09 Å². The van der Waals surface area contributed by atoms with E-state index in [4.69, 9.17) is 4.74 Å². The summed E-state index contributed by atoms with van der Waals surface area (Å²) >= 11 is 0. The van der Waals surface area contributed by atoms with Gasteiger partial charge in [0.2, 0.25) is 0 Å². The molecule has 2 aliphatic carbocycles. The molecular formula is C10H15NO2. The maximum Gasteiger partial charge on any atom is 0.409 e. The second-order valence-corrected chi connectivity index (χ2v) is 4.68. The Labute approximate surface area is 78.0 Å². The van der Waals surface area contributed by atoms with Crippen LogP contribution >= 0.6 is 0 Å². The molecule has 3 nitrogen and oxygen atoms in total. The highest BCUT2D eigenvalue weighted by molar-refractivity contribution is 5.68.